The predicted octanol–water partition coefficient (Wildman–Crippen LogP) is 1.22. The molecule has 3 N–H and O–H groups in total. The van der Waals surface area contributed by atoms with Crippen LogP contribution in [0.4, 0.5) is 4.39 Å². The van der Waals surface area contributed by atoms with Gasteiger partial charge in [-0.05, 0) is 24.3 Å². The molecule has 0 spiro atoms. The summed E-state index contributed by atoms with van der Waals surface area (Å²) >= 11 is 0.960. The van der Waals surface area contributed by atoms with E-state index in [0.717, 1.165) is 16.3 Å². The Bertz CT molecular complexity index is 1080. The van der Waals surface area contributed by atoms with Crippen molar-refractivity contribution in [1.82, 2.24) is 14.9 Å². The molecular formula is C18H15FN4O3S. The Morgan fingerprint density at radius 1 is 1.15 bits per heavy atom. The number of rotatable bonds is 6. The Kier molecular flexibility index (Phi) is 5.51. The molecule has 0 bridgehead atoms. The van der Waals surface area contributed by atoms with Crippen molar-refractivity contribution in [1.29, 1.82) is 0 Å². The summed E-state index contributed by atoms with van der Waals surface area (Å²) in [6, 6.07) is 12.5. The van der Waals surface area contributed by atoms with E-state index in [2.05, 4.69) is 10.3 Å². The van der Waals surface area contributed by atoms with Gasteiger partial charge in [-0.25, -0.2) is 9.37 Å². The number of nitrogens with two attached hydrogens (primary N) is 1. The normalized spacial score (nSPS) is 10.7. The molecule has 0 radical (unpaired) electrons. The number of carbonyl (C=O) groups excluding carboxylic acids is 2. The van der Waals surface area contributed by atoms with Crippen LogP contribution in [-0.2, 0) is 9.59 Å². The molecule has 0 aliphatic heterocycles. The summed E-state index contributed by atoms with van der Waals surface area (Å²) in [7, 11) is 0. The number of thioether (sulfide) groups is 1. The zero-order chi connectivity index (χ0) is 19.4. The molecule has 1 aromatic heterocycles. The van der Waals surface area contributed by atoms with Crippen LogP contribution in [0.3, 0.4) is 0 Å². The molecule has 3 rings (SSSR count). The topological polar surface area (TPSA) is 107 Å². The molecule has 9 heteroatoms. The van der Waals surface area contributed by atoms with Gasteiger partial charge in [-0.15, -0.1) is 0 Å². The van der Waals surface area contributed by atoms with Crippen LogP contribution >= 0.6 is 11.8 Å². The minimum Gasteiger partial charge on any atom is -0.368 e. The second-order valence-electron chi connectivity index (χ2n) is 5.54. The van der Waals surface area contributed by atoms with Crippen molar-refractivity contribution in [3.63, 3.8) is 0 Å². The maximum Gasteiger partial charge on any atom is 0.266 e. The first-order valence-electron chi connectivity index (χ1n) is 7.92. The quantitative estimate of drug-likeness (QED) is 0.489. The number of amides is 2. The van der Waals surface area contributed by atoms with Crippen LogP contribution in [0.2, 0.25) is 0 Å². The van der Waals surface area contributed by atoms with E-state index in [1.54, 1.807) is 30.3 Å². The van der Waals surface area contributed by atoms with Crippen molar-refractivity contribution >= 4 is 34.5 Å². The number of aromatic nitrogens is 2. The number of hydrogen-bond acceptors (Lipinski definition) is 5. The van der Waals surface area contributed by atoms with Crippen LogP contribution in [-0.4, -0.2) is 33.7 Å². The van der Waals surface area contributed by atoms with Crippen molar-refractivity contribution in [3.05, 3.63) is 64.7 Å². The molecule has 27 heavy (non-hydrogen) atoms. The van der Waals surface area contributed by atoms with E-state index < -0.39 is 23.2 Å². The van der Waals surface area contributed by atoms with Crippen LogP contribution in [0.5, 0.6) is 0 Å². The summed E-state index contributed by atoms with van der Waals surface area (Å²) < 4.78 is 15.5. The van der Waals surface area contributed by atoms with Crippen LogP contribution in [0.25, 0.3) is 16.6 Å². The number of nitrogens with zero attached hydrogens (tertiary/aromatic N) is 2. The van der Waals surface area contributed by atoms with E-state index in [1.807, 2.05) is 0 Å². The predicted molar refractivity (Wildman–Crippen MR) is 100 cm³/mol. The lowest BCUT2D eigenvalue weighted by molar-refractivity contribution is -0.123. The van der Waals surface area contributed by atoms with Crippen LogP contribution < -0.4 is 16.6 Å². The van der Waals surface area contributed by atoms with Gasteiger partial charge < -0.3 is 11.1 Å². The molecule has 0 saturated carbocycles. The first-order chi connectivity index (χ1) is 13.0. The standard InChI is InChI=1S/C18H15FN4O3S/c19-12-6-2-4-8-14(12)23-17(26)11-5-1-3-7-13(11)22-18(23)27-10-16(25)21-9-15(20)24/h1-8H,9-10H2,(H2,20,24)(H,21,25). The minimum absolute atomic E-state index is 0.0424. The lowest BCUT2D eigenvalue weighted by Crippen LogP contribution is -2.34. The molecule has 0 aliphatic carbocycles. The molecule has 0 atom stereocenters. The number of primary amides is 1. The first kappa shape index (κ1) is 18.6. The lowest BCUT2D eigenvalue weighted by atomic mass is 10.2. The van der Waals surface area contributed by atoms with E-state index in [0.29, 0.717) is 10.9 Å². The smallest absolute Gasteiger partial charge is 0.266 e. The molecule has 7 nitrogen and oxygen atoms in total. The van der Waals surface area contributed by atoms with Crippen molar-refractivity contribution in [3.8, 4) is 5.69 Å². The molecule has 0 aliphatic rings. The second-order valence-corrected chi connectivity index (χ2v) is 6.48. The number of benzene rings is 2. The summed E-state index contributed by atoms with van der Waals surface area (Å²) in [4.78, 5) is 40.0. The van der Waals surface area contributed by atoms with Crippen LogP contribution in [0, 0.1) is 5.82 Å². The monoisotopic (exact) mass is 386 g/mol. The van der Waals surface area contributed by atoms with Gasteiger partial charge in [0.05, 0.1) is 28.9 Å². The van der Waals surface area contributed by atoms with E-state index >= 15 is 0 Å². The molecule has 2 aromatic carbocycles. The molecule has 0 saturated heterocycles. The van der Waals surface area contributed by atoms with E-state index in [4.69, 9.17) is 5.73 Å². The maximum atomic E-state index is 14.3. The van der Waals surface area contributed by atoms with Gasteiger partial charge in [0.15, 0.2) is 5.16 Å². The molecule has 0 unspecified atom stereocenters. The lowest BCUT2D eigenvalue weighted by Gasteiger charge is -2.13. The van der Waals surface area contributed by atoms with Gasteiger partial charge in [-0.2, -0.15) is 0 Å². The number of hydrogen-bond donors (Lipinski definition) is 2. The van der Waals surface area contributed by atoms with E-state index in [1.165, 1.54) is 18.2 Å². The Morgan fingerprint density at radius 2 is 1.85 bits per heavy atom. The Hall–Kier alpha value is -3.20. The highest BCUT2D eigenvalue weighted by Crippen LogP contribution is 2.22. The van der Waals surface area contributed by atoms with Crippen LogP contribution in [0.15, 0.2) is 58.5 Å². The Balaban J connectivity index is 2.04. The van der Waals surface area contributed by atoms with Gasteiger partial charge in [0.25, 0.3) is 5.56 Å². The largest absolute Gasteiger partial charge is 0.368 e. The first-order valence-corrected chi connectivity index (χ1v) is 8.90. The molecule has 2 amide bonds. The van der Waals surface area contributed by atoms with Gasteiger partial charge in [0.1, 0.15) is 5.82 Å². The second kappa shape index (κ2) is 8.00. The van der Waals surface area contributed by atoms with Gasteiger partial charge in [0, 0.05) is 0 Å². The Labute approximate surface area is 157 Å². The zero-order valence-corrected chi connectivity index (χ0v) is 14.8. The van der Waals surface area contributed by atoms with Crippen LogP contribution in [0.1, 0.15) is 0 Å². The van der Waals surface area contributed by atoms with Gasteiger partial charge in [0.2, 0.25) is 11.8 Å². The summed E-state index contributed by atoms with van der Waals surface area (Å²) in [6.45, 7) is -0.287. The average molecular weight is 386 g/mol. The van der Waals surface area contributed by atoms with Crippen molar-refractivity contribution in [2.75, 3.05) is 12.3 Å². The van der Waals surface area contributed by atoms with Crippen molar-refractivity contribution in [2.24, 2.45) is 5.73 Å². The highest BCUT2D eigenvalue weighted by Gasteiger charge is 2.17. The summed E-state index contributed by atoms with van der Waals surface area (Å²) in [5, 5.41) is 2.85. The Morgan fingerprint density at radius 3 is 2.59 bits per heavy atom. The van der Waals surface area contributed by atoms with Crippen molar-refractivity contribution < 1.29 is 14.0 Å². The summed E-state index contributed by atoms with van der Waals surface area (Å²) in [5.41, 5.74) is 5.03. The van der Waals surface area contributed by atoms with Gasteiger partial charge in [-0.3, -0.25) is 19.0 Å². The molecule has 3 aromatic rings. The number of halogens is 1. The fourth-order valence-corrected chi connectivity index (χ4v) is 3.26. The number of para-hydroxylation sites is 2. The summed E-state index contributed by atoms with van der Waals surface area (Å²) in [5.74, 6) is -1.83. The third-order valence-corrected chi connectivity index (χ3v) is 4.57. The molecule has 1 heterocycles. The average Bonchev–Trinajstić information content (AvgIpc) is 2.66. The van der Waals surface area contributed by atoms with Gasteiger partial charge >= 0.3 is 0 Å². The molecular weight excluding hydrogens is 371 g/mol. The fourth-order valence-electron chi connectivity index (χ4n) is 2.42. The van der Waals surface area contributed by atoms with E-state index in [9.17, 15) is 18.8 Å². The fraction of sp³-hybridized carbons (Fsp3) is 0.111. The number of carbonyl (C=O) groups is 2. The third kappa shape index (κ3) is 4.14. The molecule has 138 valence electrons. The highest BCUT2D eigenvalue weighted by molar-refractivity contribution is 7.99. The van der Waals surface area contributed by atoms with E-state index in [-0.39, 0.29) is 23.1 Å². The highest BCUT2D eigenvalue weighted by atomic mass is 32.2. The van der Waals surface area contributed by atoms with Crippen molar-refractivity contribution in [2.45, 2.75) is 5.16 Å². The maximum absolute atomic E-state index is 14.3. The minimum atomic E-state index is -0.666. The number of fused-ring (bicyclic) bond motifs is 1. The summed E-state index contributed by atoms with van der Waals surface area (Å²) in [6.07, 6.45) is 0. The zero-order valence-electron chi connectivity index (χ0n) is 14.0. The van der Waals surface area contributed by atoms with Gasteiger partial charge in [-0.1, -0.05) is 36.0 Å². The molecule has 0 fully saturated rings. The number of nitrogens with one attached hydrogen (secondary N) is 1. The third-order valence-electron chi connectivity index (χ3n) is 3.63. The SMILES string of the molecule is NC(=O)CNC(=O)CSc1nc2ccccc2c(=O)n1-c1ccccc1F.